The second-order valence-corrected chi connectivity index (χ2v) is 6.92. The molecule has 0 heterocycles. The highest BCUT2D eigenvalue weighted by Crippen LogP contribution is 2.23. The van der Waals surface area contributed by atoms with Gasteiger partial charge in [-0.15, -0.1) is 0 Å². The molecule has 6 heteroatoms. The van der Waals surface area contributed by atoms with Crippen LogP contribution >= 0.6 is 0 Å². The third-order valence-corrected chi connectivity index (χ3v) is 3.75. The van der Waals surface area contributed by atoms with E-state index in [9.17, 15) is 9.00 Å². The molecule has 2 aromatic carbocycles. The van der Waals surface area contributed by atoms with Crippen molar-refractivity contribution in [2.75, 3.05) is 10.0 Å². The average molecular weight is 332 g/mol. The van der Waals surface area contributed by atoms with Crippen molar-refractivity contribution in [1.82, 2.24) is 0 Å². The molecule has 0 saturated heterocycles. The Balaban J connectivity index is 2.11. The van der Waals surface area contributed by atoms with Gasteiger partial charge in [0, 0.05) is 16.9 Å². The Kier molecular flexibility index (Phi) is 5.18. The van der Waals surface area contributed by atoms with Gasteiger partial charge in [-0.2, -0.15) is 0 Å². The van der Waals surface area contributed by atoms with Crippen LogP contribution in [0.3, 0.4) is 0 Å². The third kappa shape index (κ3) is 4.91. The maximum Gasteiger partial charge on any atom is 0.259 e. The number of amides is 1. The molecule has 0 bridgehead atoms. The molecule has 0 aliphatic carbocycles. The van der Waals surface area contributed by atoms with Gasteiger partial charge in [0.1, 0.15) is 0 Å². The molecule has 0 saturated carbocycles. The Labute approximate surface area is 138 Å². The van der Waals surface area contributed by atoms with Crippen LogP contribution in [-0.4, -0.2) is 14.7 Å². The van der Waals surface area contributed by atoms with E-state index in [0.717, 1.165) is 0 Å². The summed E-state index contributed by atoms with van der Waals surface area (Å²) in [6, 6.07) is 14.1. The Morgan fingerprint density at radius 3 is 2.26 bits per heavy atom. The van der Waals surface area contributed by atoms with E-state index in [1.54, 1.807) is 18.2 Å². The van der Waals surface area contributed by atoms with Crippen LogP contribution in [0.2, 0.25) is 0 Å². The second-order valence-electron chi connectivity index (χ2n) is 6.21. The summed E-state index contributed by atoms with van der Waals surface area (Å²) in [7, 11) is 0. The molecule has 5 nitrogen and oxygen atoms in total. The van der Waals surface area contributed by atoms with E-state index in [1.165, 1.54) is 11.6 Å². The molecule has 0 aliphatic heterocycles. The zero-order valence-electron chi connectivity index (χ0n) is 13.3. The van der Waals surface area contributed by atoms with Gasteiger partial charge in [-0.3, -0.25) is 14.1 Å². The first-order valence-corrected chi connectivity index (χ1v) is 8.26. The van der Waals surface area contributed by atoms with Gasteiger partial charge >= 0.3 is 0 Å². The molecule has 0 spiro atoms. The van der Waals surface area contributed by atoms with Crippen molar-refractivity contribution >= 4 is 28.5 Å². The lowest BCUT2D eigenvalue weighted by Gasteiger charge is -2.19. The molecule has 1 atom stereocenters. The van der Waals surface area contributed by atoms with Gasteiger partial charge in [-0.25, -0.2) is 4.21 Å². The number of rotatable bonds is 4. The molecule has 0 radical (unpaired) electrons. The van der Waals surface area contributed by atoms with Gasteiger partial charge in [-0.1, -0.05) is 39.0 Å². The summed E-state index contributed by atoms with van der Waals surface area (Å²) in [5, 5.41) is 2.81. The van der Waals surface area contributed by atoms with Crippen LogP contribution in [-0.2, 0) is 16.7 Å². The lowest BCUT2D eigenvalue weighted by molar-refractivity contribution is 0.102. The fourth-order valence-electron chi connectivity index (χ4n) is 2.08. The van der Waals surface area contributed by atoms with Gasteiger partial charge in [0.25, 0.3) is 17.2 Å². The topological polar surface area (TPSA) is 78.4 Å². The first-order valence-electron chi connectivity index (χ1n) is 7.15. The smallest absolute Gasteiger partial charge is 0.259 e. The minimum Gasteiger partial charge on any atom is -0.322 e. The average Bonchev–Trinajstić information content (AvgIpc) is 2.46. The zero-order chi connectivity index (χ0) is 17.0. The van der Waals surface area contributed by atoms with Crippen LogP contribution in [0.4, 0.5) is 11.4 Å². The molecule has 2 aromatic rings. The predicted molar refractivity (Wildman–Crippen MR) is 93.9 cm³/mol. The van der Waals surface area contributed by atoms with E-state index >= 15 is 0 Å². The number of carbonyl (C=O) groups is 1. The van der Waals surface area contributed by atoms with Gasteiger partial charge in [-0.05, 0) is 41.3 Å². The van der Waals surface area contributed by atoms with E-state index < -0.39 is 11.3 Å². The Hall–Kier alpha value is -2.18. The highest BCUT2D eigenvalue weighted by molar-refractivity contribution is 7.80. The first-order chi connectivity index (χ1) is 10.8. The monoisotopic (exact) mass is 332 g/mol. The number of carbonyl (C=O) groups excluding carboxylic acids is 1. The summed E-state index contributed by atoms with van der Waals surface area (Å²) in [6.45, 7) is 6.39. The quantitative estimate of drug-likeness (QED) is 0.746. The van der Waals surface area contributed by atoms with Crippen molar-refractivity contribution < 1.29 is 13.6 Å². The molecule has 2 rings (SSSR count). The van der Waals surface area contributed by atoms with E-state index in [1.807, 2.05) is 24.3 Å². The SMILES string of the molecule is CC(C)(C)c1ccc(NC(=O)c2cccc(NS(=O)O)c2)cc1. The Morgan fingerprint density at radius 2 is 1.70 bits per heavy atom. The molecule has 23 heavy (non-hydrogen) atoms. The lowest BCUT2D eigenvalue weighted by Crippen LogP contribution is -2.14. The highest BCUT2D eigenvalue weighted by Gasteiger charge is 2.13. The third-order valence-electron chi connectivity index (χ3n) is 3.34. The van der Waals surface area contributed by atoms with Crippen LogP contribution in [0, 0.1) is 0 Å². The van der Waals surface area contributed by atoms with E-state index in [2.05, 4.69) is 30.8 Å². The van der Waals surface area contributed by atoms with Gasteiger partial charge < -0.3 is 5.32 Å². The molecule has 1 amide bonds. The highest BCUT2D eigenvalue weighted by atomic mass is 32.2. The van der Waals surface area contributed by atoms with Crippen molar-refractivity contribution in [3.05, 3.63) is 59.7 Å². The second kappa shape index (κ2) is 6.93. The first kappa shape index (κ1) is 17.2. The summed E-state index contributed by atoms with van der Waals surface area (Å²) < 4.78 is 21.9. The van der Waals surface area contributed by atoms with Crippen LogP contribution in [0.15, 0.2) is 48.5 Å². The van der Waals surface area contributed by atoms with Gasteiger partial charge in [0.2, 0.25) is 0 Å². The van der Waals surface area contributed by atoms with Crippen LogP contribution in [0.5, 0.6) is 0 Å². The molecule has 1 unspecified atom stereocenters. The summed E-state index contributed by atoms with van der Waals surface area (Å²) in [5.74, 6) is -0.277. The minimum atomic E-state index is -2.17. The maximum absolute atomic E-state index is 12.3. The van der Waals surface area contributed by atoms with Crippen molar-refractivity contribution in [2.24, 2.45) is 0 Å². The Bertz CT molecular complexity index is 721. The number of anilines is 2. The van der Waals surface area contributed by atoms with E-state index in [4.69, 9.17) is 4.55 Å². The molecule has 3 N–H and O–H groups in total. The summed E-state index contributed by atoms with van der Waals surface area (Å²) in [5.41, 5.74) is 2.75. The summed E-state index contributed by atoms with van der Waals surface area (Å²) in [6.07, 6.45) is 0. The summed E-state index contributed by atoms with van der Waals surface area (Å²) >= 11 is -2.17. The van der Waals surface area contributed by atoms with Crippen molar-refractivity contribution in [3.63, 3.8) is 0 Å². The molecular formula is C17H20N2O3S. The molecule has 122 valence electrons. The number of benzene rings is 2. The molecule has 0 fully saturated rings. The van der Waals surface area contributed by atoms with Crippen molar-refractivity contribution in [2.45, 2.75) is 26.2 Å². The largest absolute Gasteiger partial charge is 0.322 e. The van der Waals surface area contributed by atoms with Crippen molar-refractivity contribution in [3.8, 4) is 0 Å². The van der Waals surface area contributed by atoms with Crippen molar-refractivity contribution in [1.29, 1.82) is 0 Å². The van der Waals surface area contributed by atoms with E-state index in [0.29, 0.717) is 16.9 Å². The van der Waals surface area contributed by atoms with Crippen LogP contribution < -0.4 is 10.0 Å². The van der Waals surface area contributed by atoms with E-state index in [-0.39, 0.29) is 11.3 Å². The molecule has 0 aromatic heterocycles. The minimum absolute atomic E-state index is 0.0580. The fraction of sp³-hybridized carbons (Fsp3) is 0.235. The maximum atomic E-state index is 12.3. The summed E-state index contributed by atoms with van der Waals surface area (Å²) in [4.78, 5) is 12.3. The fourth-order valence-corrected chi connectivity index (χ4v) is 2.41. The standard InChI is InChI=1S/C17H20N2O3S/c1-17(2,3)13-7-9-14(10-8-13)18-16(20)12-5-4-6-15(11-12)19-23(21)22/h4-11,19H,1-3H3,(H,18,20)(H,21,22). The number of hydrogen-bond donors (Lipinski definition) is 3. The normalized spacial score (nSPS) is 12.5. The predicted octanol–water partition coefficient (Wildman–Crippen LogP) is 3.79. The molecular weight excluding hydrogens is 312 g/mol. The number of nitrogens with one attached hydrogen (secondary N) is 2. The van der Waals surface area contributed by atoms with Crippen LogP contribution in [0.1, 0.15) is 36.7 Å². The Morgan fingerprint density at radius 1 is 1.04 bits per heavy atom. The van der Waals surface area contributed by atoms with Gasteiger partial charge in [0.05, 0.1) is 0 Å². The van der Waals surface area contributed by atoms with Crippen LogP contribution in [0.25, 0.3) is 0 Å². The zero-order valence-corrected chi connectivity index (χ0v) is 14.1. The number of hydrogen-bond acceptors (Lipinski definition) is 2. The lowest BCUT2D eigenvalue weighted by atomic mass is 9.87. The van der Waals surface area contributed by atoms with Gasteiger partial charge in [0.15, 0.2) is 0 Å². The molecule has 0 aliphatic rings.